The molecule has 0 saturated heterocycles. The van der Waals surface area contributed by atoms with Crippen LogP contribution in [-0.4, -0.2) is 43.2 Å². The zero-order chi connectivity index (χ0) is 30.7. The van der Waals surface area contributed by atoms with Gasteiger partial charge in [-0.15, -0.1) is 10.2 Å². The number of nitrogens with zero attached hydrogens (tertiary/aromatic N) is 5. The molecular formula is C32H39N7O4. The van der Waals surface area contributed by atoms with Crippen molar-refractivity contribution in [3.05, 3.63) is 77.1 Å². The van der Waals surface area contributed by atoms with E-state index in [4.69, 9.17) is 9.47 Å². The quantitative estimate of drug-likeness (QED) is 0.231. The monoisotopic (exact) mass is 585 g/mol. The molecule has 1 aromatic carbocycles. The lowest BCUT2D eigenvalue weighted by Crippen LogP contribution is -2.36. The molecule has 0 radical (unpaired) electrons. The number of benzene rings is 1. The number of anilines is 1. The number of esters is 1. The summed E-state index contributed by atoms with van der Waals surface area (Å²) in [7, 11) is 0. The van der Waals surface area contributed by atoms with Crippen LogP contribution in [0.25, 0.3) is 5.65 Å². The maximum atomic E-state index is 13.2. The molecule has 0 saturated carbocycles. The number of hydrogen-bond acceptors (Lipinski definition) is 8. The minimum absolute atomic E-state index is 0.0893. The summed E-state index contributed by atoms with van der Waals surface area (Å²) in [6, 6.07) is 12.9. The number of amides is 2. The number of aromatic nitrogens is 5. The minimum atomic E-state index is -0.635. The van der Waals surface area contributed by atoms with Crippen molar-refractivity contribution in [3.63, 3.8) is 0 Å². The van der Waals surface area contributed by atoms with Gasteiger partial charge in [-0.25, -0.2) is 19.6 Å². The van der Waals surface area contributed by atoms with Gasteiger partial charge < -0.3 is 14.8 Å². The first kappa shape index (κ1) is 29.9. The van der Waals surface area contributed by atoms with E-state index in [1.165, 1.54) is 0 Å². The van der Waals surface area contributed by atoms with Crippen LogP contribution in [0.5, 0.6) is 5.75 Å². The average Bonchev–Trinajstić information content (AvgIpc) is 3.41. The number of urea groups is 1. The molecule has 3 aromatic heterocycles. The highest BCUT2D eigenvalue weighted by atomic mass is 16.5. The molecule has 5 rings (SSSR count). The van der Waals surface area contributed by atoms with Crippen LogP contribution in [0.3, 0.4) is 0 Å². The summed E-state index contributed by atoms with van der Waals surface area (Å²) in [4.78, 5) is 34.2. The molecule has 1 aliphatic carbocycles. The highest BCUT2D eigenvalue weighted by Crippen LogP contribution is 2.39. The first-order valence-corrected chi connectivity index (χ1v) is 14.8. The van der Waals surface area contributed by atoms with Gasteiger partial charge >= 0.3 is 12.0 Å². The van der Waals surface area contributed by atoms with Crippen molar-refractivity contribution < 1.29 is 19.1 Å². The summed E-state index contributed by atoms with van der Waals surface area (Å²) < 4.78 is 13.6. The molecule has 1 unspecified atom stereocenters. The molecule has 2 amide bonds. The Morgan fingerprint density at radius 3 is 2.53 bits per heavy atom. The lowest BCUT2D eigenvalue weighted by molar-refractivity contribution is 0.0511. The van der Waals surface area contributed by atoms with Crippen LogP contribution >= 0.6 is 0 Å². The highest BCUT2D eigenvalue weighted by molar-refractivity contribution is 5.90. The fourth-order valence-corrected chi connectivity index (χ4v) is 5.16. The third-order valence-electron chi connectivity index (χ3n) is 7.67. The lowest BCUT2D eigenvalue weighted by atomic mass is 9.85. The number of fused-ring (bicyclic) bond motifs is 2. The van der Waals surface area contributed by atoms with Gasteiger partial charge in [-0.05, 0) is 49.4 Å². The molecule has 0 aliphatic heterocycles. The molecule has 11 heteroatoms. The number of pyridine rings is 1. The summed E-state index contributed by atoms with van der Waals surface area (Å²) in [5.41, 5.74) is 3.04. The maximum absolute atomic E-state index is 13.2. The summed E-state index contributed by atoms with van der Waals surface area (Å²) >= 11 is 0. The van der Waals surface area contributed by atoms with E-state index in [-0.39, 0.29) is 41.7 Å². The second-order valence-corrected chi connectivity index (χ2v) is 11.9. The molecule has 0 fully saturated rings. The molecule has 11 nitrogen and oxygen atoms in total. The molecule has 1 aliphatic rings. The van der Waals surface area contributed by atoms with E-state index in [2.05, 4.69) is 44.6 Å². The second-order valence-electron chi connectivity index (χ2n) is 11.9. The van der Waals surface area contributed by atoms with Crippen molar-refractivity contribution in [2.45, 2.75) is 84.3 Å². The van der Waals surface area contributed by atoms with E-state index in [1.807, 2.05) is 67.8 Å². The van der Waals surface area contributed by atoms with Crippen LogP contribution in [0.1, 0.15) is 112 Å². The van der Waals surface area contributed by atoms with Crippen molar-refractivity contribution >= 4 is 23.5 Å². The zero-order valence-corrected chi connectivity index (χ0v) is 25.5. The smallest absolute Gasteiger partial charge is 0.376 e. The second kappa shape index (κ2) is 12.4. The topological polar surface area (TPSA) is 133 Å². The van der Waals surface area contributed by atoms with Gasteiger partial charge in [0.25, 0.3) is 0 Å². The number of rotatable bonds is 8. The Balaban J connectivity index is 1.33. The van der Waals surface area contributed by atoms with Gasteiger partial charge in [-0.3, -0.25) is 9.72 Å². The van der Waals surface area contributed by atoms with E-state index < -0.39 is 12.0 Å². The molecule has 2 N–H and O–H groups in total. The van der Waals surface area contributed by atoms with Gasteiger partial charge in [0.05, 0.1) is 24.5 Å². The third kappa shape index (κ3) is 6.60. The number of carbonyl (C=O) groups excluding carboxylic acids is 2. The number of hydrogen-bond donors (Lipinski definition) is 2. The number of nitrogens with one attached hydrogen (secondary N) is 2. The summed E-state index contributed by atoms with van der Waals surface area (Å²) in [6.07, 6.45) is 4.12. The average molecular weight is 586 g/mol. The van der Waals surface area contributed by atoms with E-state index in [0.29, 0.717) is 18.5 Å². The van der Waals surface area contributed by atoms with Crippen molar-refractivity contribution in [2.75, 3.05) is 11.9 Å². The van der Waals surface area contributed by atoms with Crippen LogP contribution in [0.2, 0.25) is 0 Å². The van der Waals surface area contributed by atoms with Crippen LogP contribution in [0, 0.1) is 0 Å². The standard InChI is InChI=1S/C32H39N7O4/c1-7-19(3)29-38-37-27-16-13-20(18-39(27)29)43-24-15-14-23(21-11-9-10-12-22(21)24)33-31(41)36-26-17-25(32(4,5)6)34-28(35-26)30(40)42-8-2/h9-13,16-19,23-24H,7-8,14-15H2,1-6H3,(H2,33,34,35,36,41)/t19?,23-,24+/m0/s1. The van der Waals surface area contributed by atoms with Gasteiger partial charge in [0, 0.05) is 17.4 Å². The first-order valence-electron chi connectivity index (χ1n) is 14.8. The Labute approximate surface area is 251 Å². The maximum Gasteiger partial charge on any atom is 0.376 e. The SMILES string of the molecule is CCOC(=O)c1nc(NC(=O)N[C@H]2CC[C@@H](Oc3ccc4nnc(C(C)CC)n4c3)c3ccccc32)cc(C(C)(C)C)n1. The molecule has 3 heterocycles. The minimum Gasteiger partial charge on any atom is -0.484 e. The Morgan fingerprint density at radius 1 is 1.05 bits per heavy atom. The van der Waals surface area contributed by atoms with E-state index >= 15 is 0 Å². The van der Waals surface area contributed by atoms with Gasteiger partial charge in [0.15, 0.2) is 5.65 Å². The predicted octanol–water partition coefficient (Wildman–Crippen LogP) is 6.28. The molecular weight excluding hydrogens is 546 g/mol. The predicted molar refractivity (Wildman–Crippen MR) is 162 cm³/mol. The summed E-state index contributed by atoms with van der Waals surface area (Å²) in [6.45, 7) is 12.1. The fraction of sp³-hybridized carbons (Fsp3) is 0.438. The van der Waals surface area contributed by atoms with Gasteiger partial charge in [0.1, 0.15) is 23.5 Å². The van der Waals surface area contributed by atoms with Crippen molar-refractivity contribution in [1.82, 2.24) is 29.9 Å². The van der Waals surface area contributed by atoms with E-state index in [9.17, 15) is 9.59 Å². The van der Waals surface area contributed by atoms with E-state index in [1.54, 1.807) is 13.0 Å². The lowest BCUT2D eigenvalue weighted by Gasteiger charge is -2.32. The molecule has 3 atom stereocenters. The first-order chi connectivity index (χ1) is 20.6. The van der Waals surface area contributed by atoms with Crippen molar-refractivity contribution in [3.8, 4) is 5.75 Å². The van der Waals surface area contributed by atoms with Gasteiger partial charge in [-0.2, -0.15) is 0 Å². The van der Waals surface area contributed by atoms with E-state index in [0.717, 1.165) is 34.8 Å². The van der Waals surface area contributed by atoms with Crippen LogP contribution < -0.4 is 15.4 Å². The fourth-order valence-electron chi connectivity index (χ4n) is 5.16. The van der Waals surface area contributed by atoms with Crippen LogP contribution in [0.4, 0.5) is 10.6 Å². The molecule has 226 valence electrons. The summed E-state index contributed by atoms with van der Waals surface area (Å²) in [5.74, 6) is 1.42. The Bertz CT molecular complexity index is 1630. The van der Waals surface area contributed by atoms with Crippen LogP contribution in [-0.2, 0) is 10.2 Å². The van der Waals surface area contributed by atoms with Crippen LogP contribution in [0.15, 0.2) is 48.7 Å². The van der Waals surface area contributed by atoms with Gasteiger partial charge in [0.2, 0.25) is 5.82 Å². The number of carbonyl (C=O) groups is 2. The normalized spacial score (nSPS) is 17.2. The van der Waals surface area contributed by atoms with Crippen molar-refractivity contribution in [1.29, 1.82) is 0 Å². The summed E-state index contributed by atoms with van der Waals surface area (Å²) in [5, 5.41) is 14.6. The largest absolute Gasteiger partial charge is 0.484 e. The molecule has 43 heavy (non-hydrogen) atoms. The van der Waals surface area contributed by atoms with Crippen molar-refractivity contribution in [2.24, 2.45) is 0 Å². The third-order valence-corrected chi connectivity index (χ3v) is 7.67. The van der Waals surface area contributed by atoms with Gasteiger partial charge in [-0.1, -0.05) is 58.9 Å². The molecule has 0 bridgehead atoms. The Hall–Kier alpha value is -4.54. The highest BCUT2D eigenvalue weighted by Gasteiger charge is 2.30. The Morgan fingerprint density at radius 2 is 1.81 bits per heavy atom. The zero-order valence-electron chi connectivity index (χ0n) is 25.5. The molecule has 0 spiro atoms. The Kier molecular flexibility index (Phi) is 8.61. The number of ether oxygens (including phenoxy) is 2. The molecule has 4 aromatic rings.